The SMILES string of the molecule is Cc1cccc(NC(=O)CCN2C(=S)N[C@@H](c3ccccn3)[C@H]2c2cccn2-c2ccc(Cl)cc2Cl)c1. The first kappa shape index (κ1) is 25.3. The van der Waals surface area contributed by atoms with Crippen LogP contribution in [0.3, 0.4) is 0 Å². The van der Waals surface area contributed by atoms with Gasteiger partial charge < -0.3 is 20.1 Å². The highest BCUT2D eigenvalue weighted by molar-refractivity contribution is 7.80. The van der Waals surface area contributed by atoms with Gasteiger partial charge in [0.05, 0.1) is 28.5 Å². The molecule has 2 N–H and O–H groups in total. The Balaban J connectivity index is 1.46. The molecule has 37 heavy (non-hydrogen) atoms. The normalized spacial score (nSPS) is 17.1. The zero-order chi connectivity index (χ0) is 25.9. The molecule has 4 aromatic rings. The Bertz CT molecular complexity index is 1440. The lowest BCUT2D eigenvalue weighted by Crippen LogP contribution is -2.33. The van der Waals surface area contributed by atoms with Crippen LogP contribution in [0.1, 0.15) is 35.5 Å². The number of carbonyl (C=O) groups excluding carboxylic acids is 1. The molecular formula is C28H25Cl2N5OS. The Kier molecular flexibility index (Phi) is 7.46. The summed E-state index contributed by atoms with van der Waals surface area (Å²) < 4.78 is 2.04. The summed E-state index contributed by atoms with van der Waals surface area (Å²) in [4.78, 5) is 19.5. The van der Waals surface area contributed by atoms with Gasteiger partial charge in [0.25, 0.3) is 0 Å². The van der Waals surface area contributed by atoms with E-state index in [1.165, 1.54) is 0 Å². The average molecular weight is 551 g/mol. The van der Waals surface area contributed by atoms with E-state index in [4.69, 9.17) is 35.4 Å². The van der Waals surface area contributed by atoms with E-state index in [-0.39, 0.29) is 24.4 Å². The summed E-state index contributed by atoms with van der Waals surface area (Å²) in [6.07, 6.45) is 4.00. The van der Waals surface area contributed by atoms with Crippen molar-refractivity contribution in [2.45, 2.75) is 25.4 Å². The molecule has 0 aliphatic carbocycles. The maximum Gasteiger partial charge on any atom is 0.226 e. The van der Waals surface area contributed by atoms with Crippen molar-refractivity contribution in [3.8, 4) is 5.69 Å². The Labute approximate surface area is 231 Å². The van der Waals surface area contributed by atoms with Crippen LogP contribution in [0, 0.1) is 6.92 Å². The fourth-order valence-corrected chi connectivity index (χ4v) is 5.50. The van der Waals surface area contributed by atoms with Crippen molar-refractivity contribution in [3.63, 3.8) is 0 Å². The first-order chi connectivity index (χ1) is 17.9. The van der Waals surface area contributed by atoms with Crippen molar-refractivity contribution < 1.29 is 4.79 Å². The fraction of sp³-hybridized carbons (Fsp3) is 0.179. The van der Waals surface area contributed by atoms with E-state index < -0.39 is 0 Å². The number of hydrogen-bond acceptors (Lipinski definition) is 3. The van der Waals surface area contributed by atoms with Gasteiger partial charge in [0.2, 0.25) is 5.91 Å². The van der Waals surface area contributed by atoms with Crippen LogP contribution in [-0.4, -0.2) is 32.0 Å². The predicted molar refractivity (Wildman–Crippen MR) is 152 cm³/mol. The molecular weight excluding hydrogens is 525 g/mol. The van der Waals surface area contributed by atoms with E-state index in [0.29, 0.717) is 21.7 Å². The molecule has 6 nitrogen and oxygen atoms in total. The van der Waals surface area contributed by atoms with Crippen LogP contribution >= 0.6 is 35.4 Å². The molecule has 0 radical (unpaired) electrons. The quantitative estimate of drug-likeness (QED) is 0.258. The minimum Gasteiger partial charge on any atom is -0.352 e. The zero-order valence-electron chi connectivity index (χ0n) is 20.1. The highest BCUT2D eigenvalue weighted by Gasteiger charge is 2.41. The second-order valence-corrected chi connectivity index (χ2v) is 10.1. The number of hydrogen-bond donors (Lipinski definition) is 2. The second kappa shape index (κ2) is 10.9. The smallest absolute Gasteiger partial charge is 0.226 e. The van der Waals surface area contributed by atoms with Crippen LogP contribution in [0.4, 0.5) is 5.69 Å². The lowest BCUT2D eigenvalue weighted by molar-refractivity contribution is -0.116. The molecule has 3 heterocycles. The second-order valence-electron chi connectivity index (χ2n) is 8.89. The highest BCUT2D eigenvalue weighted by atomic mass is 35.5. The largest absolute Gasteiger partial charge is 0.352 e. The maximum absolute atomic E-state index is 12.8. The number of anilines is 1. The van der Waals surface area contributed by atoms with Crippen molar-refractivity contribution in [3.05, 3.63) is 112 Å². The van der Waals surface area contributed by atoms with Crippen LogP contribution in [0.15, 0.2) is 85.2 Å². The Hall–Kier alpha value is -3.39. The molecule has 2 atom stereocenters. The fourth-order valence-electron chi connectivity index (χ4n) is 4.67. The number of carbonyl (C=O) groups is 1. The summed E-state index contributed by atoms with van der Waals surface area (Å²) >= 11 is 18.5. The summed E-state index contributed by atoms with van der Waals surface area (Å²) in [5.74, 6) is -0.0791. The van der Waals surface area contributed by atoms with Crippen LogP contribution in [0.5, 0.6) is 0 Å². The molecule has 1 aliphatic rings. The van der Waals surface area contributed by atoms with Crippen molar-refractivity contribution in [2.75, 3.05) is 11.9 Å². The molecule has 1 fully saturated rings. The van der Waals surface area contributed by atoms with E-state index in [1.807, 2.05) is 84.4 Å². The molecule has 0 saturated carbocycles. The number of rotatable bonds is 7. The van der Waals surface area contributed by atoms with Gasteiger partial charge in [-0.1, -0.05) is 41.4 Å². The van der Waals surface area contributed by atoms with E-state index in [9.17, 15) is 4.79 Å². The monoisotopic (exact) mass is 549 g/mol. The first-order valence-corrected chi connectivity index (χ1v) is 13.0. The minimum atomic E-state index is -0.226. The standard InChI is InChI=1S/C28H25Cl2N5OS/c1-18-6-4-7-20(16-18)32-25(36)12-15-35-27(26(33-28(35)37)22-8-2-3-13-31-22)24-9-5-14-34(24)23-11-10-19(29)17-21(23)30/h2-11,13-14,16-17,26-27H,12,15H2,1H3,(H,32,36)(H,33,37)/t26-,27+/m0/s1. The number of nitrogens with one attached hydrogen (secondary N) is 2. The summed E-state index contributed by atoms with van der Waals surface area (Å²) in [7, 11) is 0. The van der Waals surface area contributed by atoms with Gasteiger partial charge in [-0.25, -0.2) is 0 Å². The highest BCUT2D eigenvalue weighted by Crippen LogP contribution is 2.40. The first-order valence-electron chi connectivity index (χ1n) is 11.9. The number of aromatic nitrogens is 2. The number of pyridine rings is 1. The number of amides is 1. The molecule has 0 bridgehead atoms. The van der Waals surface area contributed by atoms with Gasteiger partial charge >= 0.3 is 0 Å². The van der Waals surface area contributed by atoms with Gasteiger partial charge in [-0.05, 0) is 79.3 Å². The lowest BCUT2D eigenvalue weighted by atomic mass is 10.0. The van der Waals surface area contributed by atoms with Gasteiger partial charge in [-0.2, -0.15) is 0 Å². The predicted octanol–water partition coefficient (Wildman–Crippen LogP) is 6.49. The lowest BCUT2D eigenvalue weighted by Gasteiger charge is -2.29. The molecule has 1 amide bonds. The number of nitrogens with zero attached hydrogens (tertiary/aromatic N) is 3. The number of halogens is 2. The van der Waals surface area contributed by atoms with Crippen molar-refractivity contribution in [1.29, 1.82) is 0 Å². The number of thiocarbonyl (C=S) groups is 1. The third-order valence-electron chi connectivity index (χ3n) is 6.33. The zero-order valence-corrected chi connectivity index (χ0v) is 22.4. The number of benzene rings is 2. The molecule has 2 aromatic heterocycles. The summed E-state index contributed by atoms with van der Waals surface area (Å²) in [6, 6.07) is 22.6. The Morgan fingerprint density at radius 3 is 2.70 bits per heavy atom. The van der Waals surface area contributed by atoms with Gasteiger partial charge in [-0.3, -0.25) is 9.78 Å². The van der Waals surface area contributed by atoms with Crippen LogP contribution in [0.2, 0.25) is 10.0 Å². The number of aryl methyl sites for hydroxylation is 1. The molecule has 2 aromatic carbocycles. The van der Waals surface area contributed by atoms with Gasteiger partial charge in [0, 0.05) is 41.8 Å². The molecule has 188 valence electrons. The van der Waals surface area contributed by atoms with E-state index in [2.05, 4.69) is 20.5 Å². The Morgan fingerprint density at radius 2 is 1.95 bits per heavy atom. The summed E-state index contributed by atoms with van der Waals surface area (Å²) in [5, 5.41) is 8.10. The maximum atomic E-state index is 12.8. The Morgan fingerprint density at radius 1 is 1.08 bits per heavy atom. The minimum absolute atomic E-state index is 0.0791. The van der Waals surface area contributed by atoms with Crippen molar-refractivity contribution >= 4 is 52.1 Å². The molecule has 0 spiro atoms. The van der Waals surface area contributed by atoms with Crippen LogP contribution in [-0.2, 0) is 4.79 Å². The molecule has 5 rings (SSSR count). The van der Waals surface area contributed by atoms with Crippen molar-refractivity contribution in [2.24, 2.45) is 0 Å². The summed E-state index contributed by atoms with van der Waals surface area (Å²) in [5.41, 5.74) is 4.49. The topological polar surface area (TPSA) is 62.2 Å². The van der Waals surface area contributed by atoms with Crippen LogP contribution in [0.25, 0.3) is 5.69 Å². The molecule has 9 heteroatoms. The average Bonchev–Trinajstić information content (AvgIpc) is 3.47. The van der Waals surface area contributed by atoms with Gasteiger partial charge in [-0.15, -0.1) is 0 Å². The third kappa shape index (κ3) is 5.49. The third-order valence-corrected chi connectivity index (χ3v) is 7.22. The van der Waals surface area contributed by atoms with E-state index in [1.54, 1.807) is 12.3 Å². The summed E-state index contributed by atoms with van der Waals surface area (Å²) in [6.45, 7) is 2.42. The van der Waals surface area contributed by atoms with E-state index in [0.717, 1.165) is 28.3 Å². The van der Waals surface area contributed by atoms with Gasteiger partial charge in [0.1, 0.15) is 0 Å². The molecule has 0 unspecified atom stereocenters. The van der Waals surface area contributed by atoms with Gasteiger partial charge in [0.15, 0.2) is 5.11 Å². The van der Waals surface area contributed by atoms with Crippen LogP contribution < -0.4 is 10.6 Å². The molecule has 1 saturated heterocycles. The van der Waals surface area contributed by atoms with Crippen molar-refractivity contribution in [1.82, 2.24) is 19.8 Å². The van der Waals surface area contributed by atoms with E-state index >= 15 is 0 Å². The molecule has 1 aliphatic heterocycles.